The van der Waals surface area contributed by atoms with Gasteiger partial charge in [0.25, 0.3) is 5.91 Å². The molecule has 61 heavy (non-hydrogen) atoms. The van der Waals surface area contributed by atoms with Gasteiger partial charge in [0.2, 0.25) is 5.78 Å². The number of ether oxygens (including phenoxy) is 4. The second-order valence-corrected chi connectivity index (χ2v) is 15.6. The number of hydrogen-bond donors (Lipinski definition) is 6. The van der Waals surface area contributed by atoms with E-state index in [4.69, 9.17) is 23.4 Å². The molecule has 17 nitrogen and oxygen atoms in total. The quantitative estimate of drug-likeness (QED) is 0.110. The molecule has 1 unspecified atom stereocenters. The van der Waals surface area contributed by atoms with Crippen LogP contribution in [0.15, 0.2) is 69.9 Å². The van der Waals surface area contributed by atoms with Crippen molar-refractivity contribution in [2.45, 2.75) is 75.9 Å². The van der Waals surface area contributed by atoms with Gasteiger partial charge in [0.1, 0.15) is 29.8 Å². The molecule has 4 aromatic carbocycles. The Morgan fingerprint density at radius 3 is 2.51 bits per heavy atom. The second-order valence-electron chi connectivity index (χ2n) is 15.6. The smallest absolute Gasteiger partial charge is 0.420 e. The molecule has 3 aliphatic rings. The molecule has 6 N–H and O–H groups in total. The fourth-order valence-corrected chi connectivity index (χ4v) is 8.46. The molecule has 2 aliphatic carbocycles. The highest BCUT2D eigenvalue weighted by molar-refractivity contribution is 6.30. The molecule has 17 heteroatoms. The standard InChI is InChI=1S/C44H42N2O15/c1-20-7-9-29-27(11-20)46(43(55)61-29)17-22-8-10-30(28(48)12-22)58-19-34(50)45-26-14-35(59-21(2)39(26)51)60-32-16-44(56,33(49)18-47)15-23-13-25-38(41(53)36(23)32)42(54)37-24(40(25)52)5-4-6-31(37)57-3/h4-13,21,26,32,35,39,47-48,51,53,56H,14-19H2,1-3H3,(H,45,50)/t21-,26-,32?,35-,39+,44-/m1/s1. The maximum absolute atomic E-state index is 13.9. The first-order chi connectivity index (χ1) is 29.1. The number of phenolic OH excluding ortho intramolecular Hbond substituents is 2. The number of methoxy groups -OCH3 is 1. The summed E-state index contributed by atoms with van der Waals surface area (Å²) in [6, 6.07) is 14.6. The zero-order chi connectivity index (χ0) is 43.5. The number of benzene rings is 4. The highest BCUT2D eigenvalue weighted by atomic mass is 16.7. The van der Waals surface area contributed by atoms with Gasteiger partial charge >= 0.3 is 5.76 Å². The first kappa shape index (κ1) is 41.4. The van der Waals surface area contributed by atoms with Crippen LogP contribution in [0.1, 0.15) is 80.0 Å². The van der Waals surface area contributed by atoms with Crippen LogP contribution in [-0.2, 0) is 32.0 Å². The third-order valence-electron chi connectivity index (χ3n) is 11.5. The van der Waals surface area contributed by atoms with E-state index in [1.165, 1.54) is 48.9 Å². The van der Waals surface area contributed by atoms with E-state index in [1.807, 2.05) is 19.1 Å². The van der Waals surface area contributed by atoms with Gasteiger partial charge in [-0.05, 0) is 66.9 Å². The van der Waals surface area contributed by atoms with Crippen molar-refractivity contribution in [2.75, 3.05) is 20.3 Å². The third-order valence-corrected chi connectivity index (χ3v) is 11.5. The zero-order valence-corrected chi connectivity index (χ0v) is 33.2. The number of aromatic hydroxyl groups is 2. The van der Waals surface area contributed by atoms with Gasteiger partial charge in [0, 0.05) is 36.0 Å². The molecule has 0 bridgehead atoms. The molecule has 1 saturated heterocycles. The normalized spacial score (nSPS) is 23.2. The number of carbonyl (C=O) groups is 4. The molecular weight excluding hydrogens is 796 g/mol. The molecule has 1 fully saturated rings. The summed E-state index contributed by atoms with van der Waals surface area (Å²) in [5.41, 5.74) is -0.0409. The van der Waals surface area contributed by atoms with E-state index in [0.717, 1.165) is 5.56 Å². The van der Waals surface area contributed by atoms with Crippen LogP contribution in [0.5, 0.6) is 23.0 Å². The summed E-state index contributed by atoms with van der Waals surface area (Å²) in [6.45, 7) is 1.91. The lowest BCUT2D eigenvalue weighted by atomic mass is 9.72. The number of aryl methyl sites for hydroxylation is 1. The Morgan fingerprint density at radius 2 is 1.77 bits per heavy atom. The van der Waals surface area contributed by atoms with Crippen LogP contribution in [0.25, 0.3) is 11.1 Å². The molecule has 318 valence electrons. The zero-order valence-electron chi connectivity index (χ0n) is 33.2. The van der Waals surface area contributed by atoms with Crippen molar-refractivity contribution < 1.29 is 68.1 Å². The lowest BCUT2D eigenvalue weighted by Gasteiger charge is -2.42. The Labute approximate surface area is 346 Å². The predicted molar refractivity (Wildman–Crippen MR) is 212 cm³/mol. The van der Waals surface area contributed by atoms with Crippen molar-refractivity contribution in [3.8, 4) is 23.0 Å². The molecule has 1 aliphatic heterocycles. The van der Waals surface area contributed by atoms with E-state index in [2.05, 4.69) is 5.32 Å². The summed E-state index contributed by atoms with van der Waals surface area (Å²) in [6.07, 6.45) is -5.86. The maximum atomic E-state index is 13.9. The Kier molecular flexibility index (Phi) is 10.8. The highest BCUT2D eigenvalue weighted by Gasteiger charge is 2.48. The van der Waals surface area contributed by atoms with Crippen LogP contribution in [0.2, 0.25) is 0 Å². The molecule has 0 radical (unpaired) electrons. The number of aromatic nitrogens is 1. The molecule has 1 aromatic heterocycles. The van der Waals surface area contributed by atoms with Gasteiger partial charge in [-0.2, -0.15) is 0 Å². The van der Waals surface area contributed by atoms with Gasteiger partial charge in [0.15, 0.2) is 41.5 Å². The van der Waals surface area contributed by atoms with Crippen molar-refractivity contribution in [1.82, 2.24) is 9.88 Å². The summed E-state index contributed by atoms with van der Waals surface area (Å²) in [4.78, 5) is 66.3. The predicted octanol–water partition coefficient (Wildman–Crippen LogP) is 2.50. The summed E-state index contributed by atoms with van der Waals surface area (Å²) in [5, 5.41) is 57.6. The topological polar surface area (TPSA) is 254 Å². The molecule has 8 rings (SSSR count). The van der Waals surface area contributed by atoms with Gasteiger partial charge < -0.3 is 54.2 Å². The van der Waals surface area contributed by atoms with Crippen LogP contribution >= 0.6 is 0 Å². The number of fused-ring (bicyclic) bond motifs is 4. The van der Waals surface area contributed by atoms with Crippen LogP contribution in [0.4, 0.5) is 0 Å². The fraction of sp³-hybridized carbons (Fsp3) is 0.341. The van der Waals surface area contributed by atoms with Crippen LogP contribution in [0.3, 0.4) is 0 Å². The average molecular weight is 839 g/mol. The van der Waals surface area contributed by atoms with E-state index >= 15 is 0 Å². The van der Waals surface area contributed by atoms with E-state index in [9.17, 15) is 49.5 Å². The van der Waals surface area contributed by atoms with E-state index in [0.29, 0.717) is 16.7 Å². The number of aliphatic hydroxyl groups is 3. The average Bonchev–Trinajstić information content (AvgIpc) is 3.53. The van der Waals surface area contributed by atoms with Crippen molar-refractivity contribution in [3.05, 3.63) is 116 Å². The number of phenols is 2. The first-order valence-corrected chi connectivity index (χ1v) is 19.5. The summed E-state index contributed by atoms with van der Waals surface area (Å²) in [7, 11) is 1.34. The van der Waals surface area contributed by atoms with Gasteiger partial charge in [-0.25, -0.2) is 4.79 Å². The fourth-order valence-electron chi connectivity index (χ4n) is 8.46. The summed E-state index contributed by atoms with van der Waals surface area (Å²) < 4.78 is 29.9. The van der Waals surface area contributed by atoms with Gasteiger partial charge in [-0.3, -0.25) is 23.7 Å². The number of ketones is 3. The van der Waals surface area contributed by atoms with Crippen molar-refractivity contribution in [1.29, 1.82) is 0 Å². The minimum atomic E-state index is -2.21. The van der Waals surface area contributed by atoms with Crippen molar-refractivity contribution >= 4 is 34.4 Å². The number of Topliss-reactive ketones (excluding diaryl/α,β-unsaturated/α-hetero) is 1. The molecule has 5 aromatic rings. The lowest BCUT2D eigenvalue weighted by molar-refractivity contribution is -0.249. The number of oxazole rings is 1. The highest BCUT2D eigenvalue weighted by Crippen LogP contribution is 2.49. The van der Waals surface area contributed by atoms with Gasteiger partial charge in [-0.1, -0.05) is 24.3 Å². The van der Waals surface area contributed by atoms with Crippen molar-refractivity contribution in [3.63, 3.8) is 0 Å². The monoisotopic (exact) mass is 838 g/mol. The molecule has 1 amide bonds. The SMILES string of the molecule is COc1cccc2c1C(=O)c1c(cc3c(c1O)C(O[C@@H]1C[C@@H](NC(=O)COc4ccc(Cn5c(=O)oc6ccc(C)cc65)cc4O)[C@@H](O)[C@@H](C)O1)C[C@@](O)(C(=O)CO)C3)C2=O. The summed E-state index contributed by atoms with van der Waals surface area (Å²) >= 11 is 0. The lowest BCUT2D eigenvalue weighted by Crippen LogP contribution is -2.56. The van der Waals surface area contributed by atoms with Crippen molar-refractivity contribution in [2.24, 2.45) is 0 Å². The molecule has 0 saturated carbocycles. The van der Waals surface area contributed by atoms with Gasteiger partial charge in [0.05, 0.1) is 48.5 Å². The van der Waals surface area contributed by atoms with Gasteiger partial charge in [-0.15, -0.1) is 0 Å². The third kappa shape index (κ3) is 7.44. The number of nitrogens with one attached hydrogen (secondary N) is 1. The molecule has 2 heterocycles. The number of rotatable bonds is 11. The number of hydrogen-bond acceptors (Lipinski definition) is 15. The maximum Gasteiger partial charge on any atom is 0.420 e. The van der Waals surface area contributed by atoms with E-state index in [-0.39, 0.29) is 63.6 Å². The first-order valence-electron chi connectivity index (χ1n) is 19.5. The number of carbonyl (C=O) groups excluding carboxylic acids is 4. The minimum Gasteiger partial charge on any atom is -0.507 e. The molecule has 6 atom stereocenters. The number of nitrogens with zero attached hydrogens (tertiary/aromatic N) is 1. The Morgan fingerprint density at radius 1 is 0.984 bits per heavy atom. The number of aliphatic hydroxyl groups excluding tert-OH is 2. The molecule has 0 spiro atoms. The Balaban J connectivity index is 0.986. The van der Waals surface area contributed by atoms with Crippen LogP contribution < -0.4 is 20.5 Å². The van der Waals surface area contributed by atoms with E-state index < -0.39 is 97.1 Å². The Bertz CT molecular complexity index is 2680. The Hall–Kier alpha value is -6.37. The van der Waals surface area contributed by atoms with Crippen LogP contribution in [-0.4, -0.2) is 104 Å². The number of amides is 1. The van der Waals surface area contributed by atoms with E-state index in [1.54, 1.807) is 18.2 Å². The second kappa shape index (κ2) is 15.9. The summed E-state index contributed by atoms with van der Waals surface area (Å²) in [5.74, 6) is -4.27. The molecular formula is C44H42N2O15. The largest absolute Gasteiger partial charge is 0.507 e. The minimum absolute atomic E-state index is 0.0103. The van der Waals surface area contributed by atoms with Crippen LogP contribution in [0, 0.1) is 6.92 Å².